The Morgan fingerprint density at radius 2 is 1.12 bits per heavy atom. The molecule has 3 aromatic rings. The Labute approximate surface area is 152 Å². The van der Waals surface area contributed by atoms with E-state index in [1.165, 1.54) is 0 Å². The van der Waals surface area contributed by atoms with Gasteiger partial charge in [0.1, 0.15) is 11.5 Å². The van der Waals surface area contributed by atoms with Gasteiger partial charge in [-0.3, -0.25) is 0 Å². The Bertz CT molecular complexity index is 649. The van der Waals surface area contributed by atoms with Gasteiger partial charge >= 0.3 is 0 Å². The van der Waals surface area contributed by atoms with Gasteiger partial charge in [-0.25, -0.2) is 0 Å². The molecule has 0 amide bonds. The Morgan fingerprint density at radius 1 is 0.654 bits per heavy atom. The highest BCUT2D eigenvalue weighted by atomic mass is 16.5. The molecule has 1 aromatic carbocycles. The smallest absolute Gasteiger partial charge is 0.119 e. The molecule has 2 N–H and O–H groups in total. The molecule has 26 heavy (non-hydrogen) atoms. The lowest BCUT2D eigenvalue weighted by atomic mass is 10.2. The second-order valence-corrected chi connectivity index (χ2v) is 6.01. The van der Waals surface area contributed by atoms with Gasteiger partial charge in [0, 0.05) is 0 Å². The first-order chi connectivity index (χ1) is 12.9. The summed E-state index contributed by atoms with van der Waals surface area (Å²) in [6.45, 7) is 1.39. The second kappa shape index (κ2) is 10.2. The Morgan fingerprint density at radius 3 is 1.50 bits per heavy atom. The van der Waals surface area contributed by atoms with Crippen molar-refractivity contribution >= 4 is 0 Å². The van der Waals surface area contributed by atoms with Crippen LogP contribution in [0.4, 0.5) is 0 Å². The van der Waals surface area contributed by atoms with Crippen LogP contribution in [0.1, 0.15) is 37.1 Å². The lowest BCUT2D eigenvalue weighted by Gasteiger charge is -2.08. The van der Waals surface area contributed by atoms with E-state index in [1.807, 2.05) is 24.3 Å². The van der Waals surface area contributed by atoms with E-state index in [2.05, 4.69) is 30.8 Å². The average molecular weight is 356 g/mol. The normalized spacial score (nSPS) is 10.8. The summed E-state index contributed by atoms with van der Waals surface area (Å²) >= 11 is 0. The predicted molar refractivity (Wildman–Crippen MR) is 96.1 cm³/mol. The second-order valence-electron chi connectivity index (χ2n) is 6.01. The molecule has 8 nitrogen and oxygen atoms in total. The van der Waals surface area contributed by atoms with Crippen molar-refractivity contribution in [2.45, 2.75) is 38.5 Å². The van der Waals surface area contributed by atoms with E-state index in [4.69, 9.17) is 9.47 Å². The molecule has 2 aromatic heterocycles. The van der Waals surface area contributed by atoms with Gasteiger partial charge in [-0.15, -0.1) is 0 Å². The molecule has 0 aliphatic carbocycles. The number of hydrogen-bond acceptors (Lipinski definition) is 6. The fourth-order valence-corrected chi connectivity index (χ4v) is 2.52. The van der Waals surface area contributed by atoms with E-state index in [-0.39, 0.29) is 0 Å². The third-order valence-electron chi connectivity index (χ3n) is 3.95. The molecule has 138 valence electrons. The number of H-pyrrole nitrogens is 2. The number of ether oxygens (including phenoxy) is 2. The van der Waals surface area contributed by atoms with Crippen LogP contribution in [-0.2, 0) is 12.8 Å². The van der Waals surface area contributed by atoms with Gasteiger partial charge in [-0.05, 0) is 62.8 Å². The fraction of sp³-hybridized carbons (Fsp3) is 0.444. The summed E-state index contributed by atoms with van der Waals surface area (Å²) in [7, 11) is 0. The van der Waals surface area contributed by atoms with E-state index < -0.39 is 0 Å². The molecular formula is C18H24N6O2. The third-order valence-corrected chi connectivity index (χ3v) is 3.95. The maximum Gasteiger partial charge on any atom is 0.119 e. The maximum absolute atomic E-state index is 5.75. The third kappa shape index (κ3) is 6.19. The van der Waals surface area contributed by atoms with Crippen molar-refractivity contribution in [1.82, 2.24) is 30.8 Å². The lowest BCUT2D eigenvalue weighted by Crippen LogP contribution is -2.00. The average Bonchev–Trinajstić information content (AvgIpc) is 3.36. The monoisotopic (exact) mass is 356 g/mol. The zero-order chi connectivity index (χ0) is 17.9. The van der Waals surface area contributed by atoms with Gasteiger partial charge in [0.2, 0.25) is 0 Å². The first-order valence-electron chi connectivity index (χ1n) is 8.95. The molecule has 0 spiro atoms. The topological polar surface area (TPSA) is 102 Å². The minimum absolute atomic E-state index is 0.695. The Balaban J connectivity index is 1.24. The zero-order valence-corrected chi connectivity index (χ0v) is 14.7. The molecule has 0 saturated heterocycles. The summed E-state index contributed by atoms with van der Waals surface area (Å²) in [6, 6.07) is 7.79. The zero-order valence-electron chi connectivity index (χ0n) is 14.7. The van der Waals surface area contributed by atoms with Gasteiger partial charge in [0.25, 0.3) is 0 Å². The van der Waals surface area contributed by atoms with E-state index in [0.717, 1.165) is 61.4 Å². The molecule has 2 heterocycles. The molecule has 8 heteroatoms. The predicted octanol–water partition coefficient (Wildman–Crippen LogP) is 2.73. The lowest BCUT2D eigenvalue weighted by molar-refractivity contribution is 0.298. The molecule has 0 fully saturated rings. The van der Waals surface area contributed by atoms with Gasteiger partial charge in [-0.1, -0.05) is 0 Å². The number of rotatable bonds is 12. The van der Waals surface area contributed by atoms with E-state index in [1.54, 1.807) is 12.4 Å². The van der Waals surface area contributed by atoms with Crippen LogP contribution >= 0.6 is 0 Å². The number of aromatic nitrogens is 6. The van der Waals surface area contributed by atoms with Crippen molar-refractivity contribution in [3.05, 3.63) is 48.0 Å². The summed E-state index contributed by atoms with van der Waals surface area (Å²) in [5, 5.41) is 20.9. The van der Waals surface area contributed by atoms with Crippen LogP contribution < -0.4 is 9.47 Å². The molecule has 0 saturated carbocycles. The van der Waals surface area contributed by atoms with Crippen molar-refractivity contribution in [3.63, 3.8) is 0 Å². The maximum atomic E-state index is 5.75. The number of hydrogen-bond donors (Lipinski definition) is 2. The molecule has 0 radical (unpaired) electrons. The largest absolute Gasteiger partial charge is 0.494 e. The summed E-state index contributed by atoms with van der Waals surface area (Å²) in [5.41, 5.74) is 1.99. The van der Waals surface area contributed by atoms with Gasteiger partial charge in [0.15, 0.2) is 0 Å². The molecular weight excluding hydrogens is 332 g/mol. The molecule has 0 unspecified atom stereocenters. The van der Waals surface area contributed by atoms with Crippen molar-refractivity contribution in [3.8, 4) is 11.5 Å². The summed E-state index contributed by atoms with van der Waals surface area (Å²) in [4.78, 5) is 0. The van der Waals surface area contributed by atoms with Crippen molar-refractivity contribution in [2.75, 3.05) is 13.2 Å². The number of aryl methyl sites for hydroxylation is 2. The van der Waals surface area contributed by atoms with Crippen LogP contribution in [0.25, 0.3) is 0 Å². The molecule has 0 atom stereocenters. The Hall–Kier alpha value is -2.90. The van der Waals surface area contributed by atoms with Gasteiger partial charge < -0.3 is 9.47 Å². The van der Waals surface area contributed by atoms with E-state index in [9.17, 15) is 0 Å². The molecule has 0 aliphatic rings. The standard InChI is InChI=1S/C18H24N6O2/c1(5-15-13-19-23-21-15)3-11-25-17-7-9-18(10-8-17)26-12-4-2-6-16-14-20-24-22-16/h7-10,13-14H,1-6,11-12H2,(H,19,21,23)(H,20,22,24). The summed E-state index contributed by atoms with van der Waals surface area (Å²) in [6.07, 6.45) is 9.38. The fourth-order valence-electron chi connectivity index (χ4n) is 2.52. The van der Waals surface area contributed by atoms with E-state index >= 15 is 0 Å². The van der Waals surface area contributed by atoms with Gasteiger partial charge in [0.05, 0.1) is 37.0 Å². The first kappa shape index (κ1) is 17.9. The van der Waals surface area contributed by atoms with Crippen LogP contribution in [-0.4, -0.2) is 44.0 Å². The van der Waals surface area contributed by atoms with Crippen LogP contribution in [0.2, 0.25) is 0 Å². The minimum atomic E-state index is 0.695. The quantitative estimate of drug-likeness (QED) is 0.484. The van der Waals surface area contributed by atoms with Crippen LogP contribution in [0.3, 0.4) is 0 Å². The highest BCUT2D eigenvalue weighted by Gasteiger charge is 2.00. The SMILES string of the molecule is c1cc(OCCCCc2cn[nH]n2)ccc1OCCCCc1cn[nH]n1. The molecule has 0 bridgehead atoms. The van der Waals surface area contributed by atoms with Crippen LogP contribution in [0.5, 0.6) is 11.5 Å². The minimum Gasteiger partial charge on any atom is -0.494 e. The number of benzene rings is 1. The van der Waals surface area contributed by atoms with Crippen molar-refractivity contribution in [1.29, 1.82) is 0 Å². The number of aromatic amines is 2. The van der Waals surface area contributed by atoms with E-state index in [0.29, 0.717) is 13.2 Å². The Kier molecular flexibility index (Phi) is 7.01. The van der Waals surface area contributed by atoms with Crippen molar-refractivity contribution in [2.24, 2.45) is 0 Å². The first-order valence-corrected chi connectivity index (χ1v) is 8.95. The number of unbranched alkanes of at least 4 members (excludes halogenated alkanes) is 2. The summed E-state index contributed by atoms with van der Waals surface area (Å²) < 4.78 is 11.5. The highest BCUT2D eigenvalue weighted by molar-refractivity contribution is 5.31. The van der Waals surface area contributed by atoms with Crippen molar-refractivity contribution < 1.29 is 9.47 Å². The van der Waals surface area contributed by atoms with Gasteiger partial charge in [-0.2, -0.15) is 30.8 Å². The highest BCUT2D eigenvalue weighted by Crippen LogP contribution is 2.18. The molecule has 3 rings (SSSR count). The van der Waals surface area contributed by atoms with Crippen LogP contribution in [0, 0.1) is 0 Å². The van der Waals surface area contributed by atoms with Crippen LogP contribution in [0.15, 0.2) is 36.7 Å². The summed E-state index contributed by atoms with van der Waals surface area (Å²) in [5.74, 6) is 1.73. The number of nitrogens with zero attached hydrogens (tertiary/aromatic N) is 4. The number of nitrogens with one attached hydrogen (secondary N) is 2. The molecule has 0 aliphatic heterocycles.